The SMILES string of the molecule is Cc1cccc(NS(=O)(=O)c2ccc(NC(=O)CN(c3cc(Cl)ccc3Cl)S(=O)(=O)c3ccccc3)cc2)c1. The van der Waals surface area contributed by atoms with Crippen LogP contribution in [0.2, 0.25) is 10.0 Å². The molecule has 0 saturated heterocycles. The summed E-state index contributed by atoms with van der Waals surface area (Å²) in [5, 5.41) is 2.92. The van der Waals surface area contributed by atoms with Crippen molar-refractivity contribution in [3.63, 3.8) is 0 Å². The first-order valence-electron chi connectivity index (χ1n) is 11.5. The molecule has 0 aromatic heterocycles. The summed E-state index contributed by atoms with van der Waals surface area (Å²) in [6.07, 6.45) is 0. The number of carbonyl (C=O) groups is 1. The average molecular weight is 605 g/mol. The van der Waals surface area contributed by atoms with E-state index in [-0.39, 0.29) is 31.2 Å². The molecule has 0 bridgehead atoms. The summed E-state index contributed by atoms with van der Waals surface area (Å²) in [5.41, 5.74) is 1.62. The highest BCUT2D eigenvalue weighted by Crippen LogP contribution is 2.33. The molecule has 0 saturated carbocycles. The number of hydrogen-bond donors (Lipinski definition) is 2. The Kier molecular flexibility index (Phi) is 8.51. The molecule has 1 amide bonds. The Morgan fingerprint density at radius 2 is 1.46 bits per heavy atom. The van der Waals surface area contributed by atoms with E-state index in [4.69, 9.17) is 23.2 Å². The molecule has 8 nitrogen and oxygen atoms in total. The maximum absolute atomic E-state index is 13.5. The zero-order valence-electron chi connectivity index (χ0n) is 20.5. The van der Waals surface area contributed by atoms with Gasteiger partial charge in [-0.25, -0.2) is 16.8 Å². The lowest BCUT2D eigenvalue weighted by Gasteiger charge is -2.25. The smallest absolute Gasteiger partial charge is 0.264 e. The first-order chi connectivity index (χ1) is 18.5. The monoisotopic (exact) mass is 603 g/mol. The number of hydrogen-bond acceptors (Lipinski definition) is 5. The maximum Gasteiger partial charge on any atom is 0.264 e. The fraction of sp³-hybridized carbons (Fsp3) is 0.0741. The van der Waals surface area contributed by atoms with E-state index in [0.717, 1.165) is 9.87 Å². The molecule has 0 fully saturated rings. The number of rotatable bonds is 9. The van der Waals surface area contributed by atoms with Crippen LogP contribution in [0.25, 0.3) is 0 Å². The molecule has 0 aliphatic carbocycles. The minimum absolute atomic E-state index is 0.0130. The first kappa shape index (κ1) is 28.4. The summed E-state index contributed by atoms with van der Waals surface area (Å²) in [4.78, 5) is 13.0. The van der Waals surface area contributed by atoms with E-state index in [0.29, 0.717) is 5.69 Å². The van der Waals surface area contributed by atoms with Crippen molar-refractivity contribution in [2.24, 2.45) is 0 Å². The topological polar surface area (TPSA) is 113 Å². The van der Waals surface area contributed by atoms with Crippen LogP contribution in [0.15, 0.2) is 107 Å². The van der Waals surface area contributed by atoms with Gasteiger partial charge in [0.25, 0.3) is 20.0 Å². The van der Waals surface area contributed by atoms with Crippen molar-refractivity contribution in [3.8, 4) is 0 Å². The number of aryl methyl sites for hydroxylation is 1. The molecule has 0 atom stereocenters. The van der Waals surface area contributed by atoms with E-state index in [1.807, 2.05) is 13.0 Å². The minimum atomic E-state index is -4.20. The normalized spacial score (nSPS) is 11.6. The second kappa shape index (κ2) is 11.7. The Balaban J connectivity index is 1.55. The third-order valence-corrected chi connectivity index (χ3v) is 9.24. The molecule has 202 valence electrons. The van der Waals surface area contributed by atoms with Crippen LogP contribution in [-0.2, 0) is 24.8 Å². The Morgan fingerprint density at radius 1 is 0.769 bits per heavy atom. The van der Waals surface area contributed by atoms with Gasteiger partial charge in [-0.2, -0.15) is 0 Å². The van der Waals surface area contributed by atoms with Crippen LogP contribution in [0, 0.1) is 6.92 Å². The molecule has 4 rings (SSSR count). The number of anilines is 3. The largest absolute Gasteiger partial charge is 0.325 e. The number of carbonyl (C=O) groups excluding carboxylic acids is 1. The van der Waals surface area contributed by atoms with E-state index in [1.165, 1.54) is 54.6 Å². The average Bonchev–Trinajstić information content (AvgIpc) is 2.89. The van der Waals surface area contributed by atoms with Gasteiger partial charge in [0.1, 0.15) is 6.54 Å². The van der Waals surface area contributed by atoms with Crippen LogP contribution in [-0.4, -0.2) is 29.3 Å². The summed E-state index contributed by atoms with van der Waals surface area (Å²) >= 11 is 12.4. The summed E-state index contributed by atoms with van der Waals surface area (Å²) in [6.45, 7) is 1.23. The predicted octanol–water partition coefficient (Wildman–Crippen LogP) is 5.94. The Labute approximate surface area is 237 Å². The highest BCUT2D eigenvalue weighted by atomic mass is 35.5. The molecular formula is C27H23Cl2N3O5S2. The van der Waals surface area contributed by atoms with Crippen LogP contribution in [0.3, 0.4) is 0 Å². The molecule has 0 radical (unpaired) electrons. The van der Waals surface area contributed by atoms with E-state index in [9.17, 15) is 21.6 Å². The molecule has 12 heteroatoms. The zero-order valence-corrected chi connectivity index (χ0v) is 23.7. The van der Waals surface area contributed by atoms with Crippen LogP contribution >= 0.6 is 23.2 Å². The maximum atomic E-state index is 13.5. The molecule has 0 heterocycles. The van der Waals surface area contributed by atoms with Crippen molar-refractivity contribution in [3.05, 3.63) is 113 Å². The highest BCUT2D eigenvalue weighted by molar-refractivity contribution is 7.93. The third kappa shape index (κ3) is 6.90. The molecular weight excluding hydrogens is 581 g/mol. The van der Waals surface area contributed by atoms with E-state index >= 15 is 0 Å². The van der Waals surface area contributed by atoms with Crippen molar-refractivity contribution >= 4 is 66.2 Å². The molecule has 2 N–H and O–H groups in total. The summed E-state index contributed by atoms with van der Waals surface area (Å²) in [5.74, 6) is -0.681. The van der Waals surface area contributed by atoms with Gasteiger partial charge in [0.2, 0.25) is 5.91 Å². The van der Waals surface area contributed by atoms with Gasteiger partial charge in [-0.05, 0) is 79.2 Å². The van der Waals surface area contributed by atoms with Gasteiger partial charge < -0.3 is 5.32 Å². The van der Waals surface area contributed by atoms with E-state index < -0.39 is 32.5 Å². The van der Waals surface area contributed by atoms with E-state index in [2.05, 4.69) is 10.0 Å². The summed E-state index contributed by atoms with van der Waals surface area (Å²) < 4.78 is 55.9. The lowest BCUT2D eigenvalue weighted by molar-refractivity contribution is -0.114. The van der Waals surface area contributed by atoms with Gasteiger partial charge in [0, 0.05) is 16.4 Å². The number of amides is 1. The number of nitrogens with zero attached hydrogens (tertiary/aromatic N) is 1. The molecule has 0 spiro atoms. The molecule has 4 aromatic carbocycles. The van der Waals surface area contributed by atoms with Gasteiger partial charge in [-0.3, -0.25) is 13.8 Å². The zero-order chi connectivity index (χ0) is 28.2. The van der Waals surface area contributed by atoms with Gasteiger partial charge >= 0.3 is 0 Å². The van der Waals surface area contributed by atoms with Gasteiger partial charge in [0.05, 0.1) is 20.5 Å². The fourth-order valence-corrected chi connectivity index (χ4v) is 6.61. The van der Waals surface area contributed by atoms with Crippen molar-refractivity contribution in [1.82, 2.24) is 0 Å². The Bertz CT molecular complexity index is 1710. The van der Waals surface area contributed by atoms with Gasteiger partial charge in [-0.1, -0.05) is 53.5 Å². The third-order valence-electron chi connectivity index (χ3n) is 5.51. The summed E-state index contributed by atoms with van der Waals surface area (Å²) in [7, 11) is -8.06. The van der Waals surface area contributed by atoms with Gasteiger partial charge in [0.15, 0.2) is 0 Å². The first-order valence-corrected chi connectivity index (χ1v) is 15.2. The minimum Gasteiger partial charge on any atom is -0.325 e. The van der Waals surface area contributed by atoms with Crippen LogP contribution in [0.4, 0.5) is 17.1 Å². The predicted molar refractivity (Wildman–Crippen MR) is 154 cm³/mol. The lowest BCUT2D eigenvalue weighted by atomic mass is 10.2. The van der Waals surface area contributed by atoms with Crippen molar-refractivity contribution in [2.45, 2.75) is 16.7 Å². The Morgan fingerprint density at radius 3 is 2.13 bits per heavy atom. The van der Waals surface area contributed by atoms with Crippen LogP contribution < -0.4 is 14.3 Å². The number of nitrogens with one attached hydrogen (secondary N) is 2. The molecule has 0 aliphatic rings. The van der Waals surface area contributed by atoms with Gasteiger partial charge in [-0.15, -0.1) is 0 Å². The summed E-state index contributed by atoms with van der Waals surface area (Å²) in [6, 6.07) is 24.3. The second-order valence-corrected chi connectivity index (χ2v) is 12.9. The number of sulfonamides is 2. The van der Waals surface area contributed by atoms with E-state index in [1.54, 1.807) is 36.4 Å². The Hall–Kier alpha value is -3.57. The highest BCUT2D eigenvalue weighted by Gasteiger charge is 2.29. The standard InChI is InChI=1S/C27H23Cl2N3O5S2/c1-19-6-5-7-22(16-19)31-38(34,35)23-13-11-21(12-14-23)30-27(33)18-32(26-17-20(28)10-15-25(26)29)39(36,37)24-8-3-2-4-9-24/h2-17,31H,18H2,1H3,(H,30,33). The molecule has 39 heavy (non-hydrogen) atoms. The number of halogens is 2. The molecule has 4 aromatic rings. The lowest BCUT2D eigenvalue weighted by Crippen LogP contribution is -2.38. The van der Waals surface area contributed by atoms with Crippen molar-refractivity contribution in [1.29, 1.82) is 0 Å². The quantitative estimate of drug-likeness (QED) is 0.246. The molecule has 0 aliphatic heterocycles. The van der Waals surface area contributed by atoms with Crippen LogP contribution in [0.1, 0.15) is 5.56 Å². The van der Waals surface area contributed by atoms with Crippen molar-refractivity contribution in [2.75, 3.05) is 20.9 Å². The van der Waals surface area contributed by atoms with Crippen LogP contribution in [0.5, 0.6) is 0 Å². The molecule has 0 unspecified atom stereocenters. The number of benzene rings is 4. The second-order valence-electron chi connectivity index (χ2n) is 8.47. The fourth-order valence-electron chi connectivity index (χ4n) is 3.67. The van der Waals surface area contributed by atoms with Crippen molar-refractivity contribution < 1.29 is 21.6 Å².